The summed E-state index contributed by atoms with van der Waals surface area (Å²) in [5.74, 6) is -1.22. The number of sulfonamides is 1. The third-order valence-corrected chi connectivity index (χ3v) is 9.58. The van der Waals surface area contributed by atoms with Gasteiger partial charge in [0.1, 0.15) is 6.04 Å². The highest BCUT2D eigenvalue weighted by molar-refractivity contribution is 9.10. The highest BCUT2D eigenvalue weighted by Crippen LogP contribution is 2.34. The Bertz CT molecular complexity index is 1790. The van der Waals surface area contributed by atoms with E-state index in [4.69, 9.17) is 16.7 Å². The second-order valence-corrected chi connectivity index (χ2v) is 12.7. The first kappa shape index (κ1) is 28.8. The molecular weight excluding hydrogens is 626 g/mol. The second-order valence-electron chi connectivity index (χ2n) is 9.37. The van der Waals surface area contributed by atoms with E-state index in [0.29, 0.717) is 16.4 Å². The topological polar surface area (TPSA) is 92.5 Å². The van der Waals surface area contributed by atoms with Crippen LogP contribution in [0.4, 0.5) is 0 Å². The van der Waals surface area contributed by atoms with E-state index in [0.717, 1.165) is 31.2 Å². The fourth-order valence-corrected chi connectivity index (χ4v) is 6.43. The number of halogens is 2. The quantitative estimate of drug-likeness (QED) is 0.187. The Morgan fingerprint density at radius 1 is 0.951 bits per heavy atom. The Morgan fingerprint density at radius 3 is 2.22 bits per heavy atom. The Labute approximate surface area is 251 Å². The maximum atomic E-state index is 13.5. The molecule has 1 heterocycles. The Hall–Kier alpha value is -3.76. The Kier molecular flexibility index (Phi) is 8.42. The van der Waals surface area contributed by atoms with Gasteiger partial charge in [-0.3, -0.25) is 4.79 Å². The van der Waals surface area contributed by atoms with Crippen molar-refractivity contribution in [3.05, 3.63) is 124 Å². The number of nitrogens with zero attached hydrogens (tertiary/aromatic N) is 3. The first-order valence-electron chi connectivity index (χ1n) is 12.6. The third-order valence-electron chi connectivity index (χ3n) is 6.75. The number of rotatable bonds is 9. The summed E-state index contributed by atoms with van der Waals surface area (Å²) < 4.78 is 30.5. The van der Waals surface area contributed by atoms with Gasteiger partial charge in [-0.25, -0.2) is 13.1 Å². The van der Waals surface area contributed by atoms with Crippen LogP contribution in [0.5, 0.6) is 0 Å². The van der Waals surface area contributed by atoms with Crippen molar-refractivity contribution in [1.29, 1.82) is 0 Å². The van der Waals surface area contributed by atoms with Crippen LogP contribution in [-0.2, 0) is 21.2 Å². The molecule has 0 bridgehead atoms. The van der Waals surface area contributed by atoms with Gasteiger partial charge < -0.3 is 5.11 Å². The number of carboxylic acid groups (broad SMARTS) is 1. The summed E-state index contributed by atoms with van der Waals surface area (Å²) in [5.41, 5.74) is 4.66. The lowest BCUT2D eigenvalue weighted by atomic mass is 10.1. The first-order chi connectivity index (χ1) is 19.6. The molecule has 0 aliphatic carbocycles. The molecule has 0 saturated heterocycles. The predicted molar refractivity (Wildman–Crippen MR) is 164 cm³/mol. The molecule has 0 aliphatic rings. The van der Waals surface area contributed by atoms with Gasteiger partial charge in [0.05, 0.1) is 22.0 Å². The molecule has 1 N–H and O–H groups in total. The molecule has 0 unspecified atom stereocenters. The molecule has 0 saturated carbocycles. The van der Waals surface area contributed by atoms with Gasteiger partial charge in [0, 0.05) is 27.7 Å². The van der Waals surface area contributed by atoms with E-state index in [2.05, 4.69) is 15.9 Å². The summed E-state index contributed by atoms with van der Waals surface area (Å²) in [5, 5.41) is 15.3. The van der Waals surface area contributed by atoms with E-state index in [1.54, 1.807) is 53.2 Å². The van der Waals surface area contributed by atoms with Gasteiger partial charge in [0.15, 0.2) is 0 Å². The molecular formula is C31H25BrClN3O4S. The molecule has 208 valence electrons. The maximum absolute atomic E-state index is 13.5. The Balaban J connectivity index is 1.51. The van der Waals surface area contributed by atoms with E-state index < -0.39 is 22.0 Å². The molecule has 1 aromatic heterocycles. The van der Waals surface area contributed by atoms with Crippen LogP contribution in [0.1, 0.15) is 5.56 Å². The molecule has 1 atom stereocenters. The molecule has 5 aromatic rings. The number of aliphatic carboxylic acids is 1. The zero-order valence-electron chi connectivity index (χ0n) is 21.9. The van der Waals surface area contributed by atoms with Gasteiger partial charge in [-0.1, -0.05) is 88.2 Å². The van der Waals surface area contributed by atoms with Crippen molar-refractivity contribution in [1.82, 2.24) is 14.1 Å². The lowest BCUT2D eigenvalue weighted by Crippen LogP contribution is -2.43. The van der Waals surface area contributed by atoms with Crippen LogP contribution in [0.2, 0.25) is 5.02 Å². The van der Waals surface area contributed by atoms with E-state index in [1.807, 2.05) is 48.5 Å². The van der Waals surface area contributed by atoms with Crippen LogP contribution in [0.15, 0.2) is 119 Å². The number of benzene rings is 4. The third kappa shape index (κ3) is 6.13. The highest BCUT2D eigenvalue weighted by atomic mass is 79.9. The van der Waals surface area contributed by atoms with Crippen molar-refractivity contribution in [2.75, 3.05) is 7.05 Å². The minimum absolute atomic E-state index is 0.0180. The first-order valence-corrected chi connectivity index (χ1v) is 15.2. The van der Waals surface area contributed by atoms with Crippen LogP contribution < -0.4 is 0 Å². The molecule has 5 rings (SSSR count). The monoisotopic (exact) mass is 649 g/mol. The van der Waals surface area contributed by atoms with Gasteiger partial charge in [-0.15, -0.1) is 0 Å². The summed E-state index contributed by atoms with van der Waals surface area (Å²) in [6.45, 7) is 0. The number of hydrogen-bond donors (Lipinski definition) is 1. The standard InChI is InChI=1S/C31H25BrClN3O4S/c1-35(30(31(37)38)19-21-7-3-2-4-8-21)41(39,40)25-17-15-24(16-18-25)36-29(26-9-5-6-10-27(26)32)20-28(34-36)22-11-13-23(33)14-12-22/h2-18,20,30H,19H2,1H3,(H,37,38)/t30-/m0/s1. The SMILES string of the molecule is CN([C@@H](Cc1ccccc1)C(=O)O)S(=O)(=O)c1ccc(-n2nc(-c3ccc(Cl)cc3)cc2-c2ccccc2Br)cc1. The molecule has 4 aromatic carbocycles. The van der Waals surface area contributed by atoms with Crippen molar-refractivity contribution in [3.8, 4) is 28.2 Å². The van der Waals surface area contributed by atoms with E-state index in [1.165, 1.54) is 19.2 Å². The highest BCUT2D eigenvalue weighted by Gasteiger charge is 2.33. The van der Waals surface area contributed by atoms with Crippen LogP contribution in [0.25, 0.3) is 28.2 Å². The summed E-state index contributed by atoms with van der Waals surface area (Å²) in [7, 11) is -2.82. The zero-order valence-corrected chi connectivity index (χ0v) is 25.0. The van der Waals surface area contributed by atoms with Crippen LogP contribution in [0, 0.1) is 0 Å². The van der Waals surface area contributed by atoms with Crippen LogP contribution in [-0.4, -0.2) is 46.7 Å². The number of aromatic nitrogens is 2. The van der Waals surface area contributed by atoms with E-state index in [9.17, 15) is 18.3 Å². The normalized spacial score (nSPS) is 12.4. The Morgan fingerprint density at radius 2 is 1.59 bits per heavy atom. The summed E-state index contributed by atoms with van der Waals surface area (Å²) in [6, 6.07) is 31.0. The molecule has 41 heavy (non-hydrogen) atoms. The minimum Gasteiger partial charge on any atom is -0.480 e. The van der Waals surface area contributed by atoms with Crippen molar-refractivity contribution < 1.29 is 18.3 Å². The van der Waals surface area contributed by atoms with Gasteiger partial charge in [0.25, 0.3) is 0 Å². The fourth-order valence-electron chi connectivity index (χ4n) is 4.50. The van der Waals surface area contributed by atoms with Crippen LogP contribution in [0.3, 0.4) is 0 Å². The van der Waals surface area contributed by atoms with Gasteiger partial charge in [-0.2, -0.15) is 9.40 Å². The fraction of sp³-hybridized carbons (Fsp3) is 0.0968. The second kappa shape index (κ2) is 12.0. The molecule has 0 spiro atoms. The van der Waals surface area contributed by atoms with Crippen LogP contribution >= 0.6 is 27.5 Å². The molecule has 0 fully saturated rings. The molecule has 0 aliphatic heterocycles. The van der Waals surface area contributed by atoms with Crippen molar-refractivity contribution >= 4 is 43.5 Å². The molecule has 10 heteroatoms. The molecule has 0 radical (unpaired) electrons. The summed E-state index contributed by atoms with van der Waals surface area (Å²) in [4.78, 5) is 12.1. The summed E-state index contributed by atoms with van der Waals surface area (Å²) >= 11 is 9.71. The van der Waals surface area contributed by atoms with Gasteiger partial charge in [-0.05, 0) is 60.5 Å². The van der Waals surface area contributed by atoms with Gasteiger partial charge >= 0.3 is 5.97 Å². The number of carboxylic acids is 1. The number of carbonyl (C=O) groups is 1. The summed E-state index contributed by atoms with van der Waals surface area (Å²) in [6.07, 6.45) is 0.0417. The van der Waals surface area contributed by atoms with Crippen molar-refractivity contribution in [3.63, 3.8) is 0 Å². The average molecular weight is 651 g/mol. The molecule has 7 nitrogen and oxygen atoms in total. The molecule has 0 amide bonds. The van der Waals surface area contributed by atoms with Crippen molar-refractivity contribution in [2.45, 2.75) is 17.4 Å². The van der Waals surface area contributed by atoms with E-state index in [-0.39, 0.29) is 11.3 Å². The predicted octanol–water partition coefficient (Wildman–Crippen LogP) is 6.94. The largest absolute Gasteiger partial charge is 0.480 e. The average Bonchev–Trinajstić information content (AvgIpc) is 3.42. The lowest BCUT2D eigenvalue weighted by molar-refractivity contribution is -0.141. The minimum atomic E-state index is -4.11. The number of likely N-dealkylation sites (N-methyl/N-ethyl adjacent to an activating group) is 1. The van der Waals surface area contributed by atoms with E-state index >= 15 is 0 Å². The lowest BCUT2D eigenvalue weighted by Gasteiger charge is -2.24. The zero-order chi connectivity index (χ0) is 29.1. The maximum Gasteiger partial charge on any atom is 0.322 e. The smallest absolute Gasteiger partial charge is 0.322 e. The number of hydrogen-bond acceptors (Lipinski definition) is 4. The van der Waals surface area contributed by atoms with Gasteiger partial charge in [0.2, 0.25) is 10.0 Å². The van der Waals surface area contributed by atoms with Crippen molar-refractivity contribution in [2.24, 2.45) is 0 Å².